The minimum atomic E-state index is -0.837. The first-order valence-electron chi connectivity index (χ1n) is 7.52. The van der Waals surface area contributed by atoms with Crippen molar-refractivity contribution >= 4 is 5.97 Å². The van der Waals surface area contributed by atoms with Gasteiger partial charge in [-0.05, 0) is 57.6 Å². The first-order valence-corrected chi connectivity index (χ1v) is 7.52. The van der Waals surface area contributed by atoms with Crippen LogP contribution in [0.5, 0.6) is 0 Å². The Bertz CT molecular complexity index is 417. The van der Waals surface area contributed by atoms with E-state index in [0.717, 1.165) is 18.4 Å². The fourth-order valence-corrected chi connectivity index (χ4v) is 2.74. The number of carbonyl (C=O) groups is 1. The molecule has 0 spiro atoms. The monoisotopic (exact) mass is 296 g/mol. The van der Waals surface area contributed by atoms with E-state index in [0.29, 0.717) is 18.4 Å². The van der Waals surface area contributed by atoms with E-state index in [-0.39, 0.29) is 18.0 Å². The summed E-state index contributed by atoms with van der Waals surface area (Å²) < 4.78 is 5.27. The molecule has 4 heteroatoms. The molecule has 0 saturated heterocycles. The zero-order valence-corrected chi connectivity index (χ0v) is 13.6. The number of hydrogen-bond acceptors (Lipinski definition) is 4. The Balaban J connectivity index is 2.95. The molecule has 0 aromatic rings. The van der Waals surface area contributed by atoms with Crippen LogP contribution in [0.3, 0.4) is 0 Å². The Morgan fingerprint density at radius 1 is 1.48 bits per heavy atom. The lowest BCUT2D eigenvalue weighted by atomic mass is 9.79. The average molecular weight is 296 g/mol. The summed E-state index contributed by atoms with van der Waals surface area (Å²) >= 11 is 0. The van der Waals surface area contributed by atoms with E-state index in [9.17, 15) is 15.0 Å². The number of carbonyl (C=O) groups excluding carboxylic acids is 1. The van der Waals surface area contributed by atoms with Crippen molar-refractivity contribution in [1.29, 1.82) is 0 Å². The van der Waals surface area contributed by atoms with Crippen LogP contribution in [0.25, 0.3) is 0 Å². The van der Waals surface area contributed by atoms with Gasteiger partial charge in [-0.25, -0.2) is 0 Å². The number of hydrogen-bond donors (Lipinski definition) is 2. The molecule has 1 aliphatic rings. The van der Waals surface area contributed by atoms with Crippen LogP contribution in [0.1, 0.15) is 53.4 Å². The van der Waals surface area contributed by atoms with E-state index in [1.165, 1.54) is 6.92 Å². The molecule has 0 amide bonds. The third kappa shape index (κ3) is 6.02. The Morgan fingerprint density at radius 2 is 2.10 bits per heavy atom. The molecule has 1 aliphatic carbocycles. The lowest BCUT2D eigenvalue weighted by Gasteiger charge is -2.33. The Morgan fingerprint density at radius 3 is 2.62 bits per heavy atom. The van der Waals surface area contributed by atoms with Gasteiger partial charge in [0.1, 0.15) is 6.10 Å². The molecule has 0 aliphatic heterocycles. The number of rotatable bonds is 2. The normalized spacial score (nSPS) is 31.2. The van der Waals surface area contributed by atoms with Crippen LogP contribution in [0, 0.1) is 5.92 Å². The van der Waals surface area contributed by atoms with Crippen LogP contribution in [-0.4, -0.2) is 34.0 Å². The standard InChI is InChI=1S/C17H28O4/c1-11-6-7-14(17(4,5)20)10-16(19)12(2)9-15(8-11)21-13(3)18/h8,14-16,19-20H,2,6-7,9-10H2,1,3-5H3/b11-8+/t14-,15?,16+/m1/s1. The van der Waals surface area contributed by atoms with Crippen molar-refractivity contribution in [3.63, 3.8) is 0 Å². The largest absolute Gasteiger partial charge is 0.458 e. The summed E-state index contributed by atoms with van der Waals surface area (Å²) in [6.45, 7) is 10.9. The molecule has 4 nitrogen and oxygen atoms in total. The maximum atomic E-state index is 11.2. The Labute approximate surface area is 127 Å². The van der Waals surface area contributed by atoms with Gasteiger partial charge in [-0.2, -0.15) is 0 Å². The van der Waals surface area contributed by atoms with Crippen LogP contribution in [0.4, 0.5) is 0 Å². The van der Waals surface area contributed by atoms with Crippen molar-refractivity contribution in [2.45, 2.75) is 71.2 Å². The lowest BCUT2D eigenvalue weighted by Crippen LogP contribution is -2.35. The van der Waals surface area contributed by atoms with Crippen molar-refractivity contribution in [2.24, 2.45) is 5.92 Å². The van der Waals surface area contributed by atoms with Gasteiger partial charge in [0.15, 0.2) is 0 Å². The van der Waals surface area contributed by atoms with Crippen molar-refractivity contribution < 1.29 is 19.7 Å². The maximum Gasteiger partial charge on any atom is 0.303 e. The SMILES string of the molecule is C=C1CC(OC(C)=O)/C=C(\C)CC[C@@H](C(C)(C)O)C[C@@H]1O. The van der Waals surface area contributed by atoms with Crippen LogP contribution in [0.2, 0.25) is 0 Å². The molecule has 0 aromatic heterocycles. The average Bonchev–Trinajstić information content (AvgIpc) is 2.30. The second-order valence-corrected chi connectivity index (χ2v) is 6.66. The van der Waals surface area contributed by atoms with Gasteiger partial charge in [-0.3, -0.25) is 4.79 Å². The first-order chi connectivity index (χ1) is 9.59. The van der Waals surface area contributed by atoms with E-state index in [1.807, 2.05) is 13.0 Å². The van der Waals surface area contributed by atoms with Crippen LogP contribution in [0.15, 0.2) is 23.8 Å². The number of esters is 1. The smallest absolute Gasteiger partial charge is 0.303 e. The highest BCUT2D eigenvalue weighted by atomic mass is 16.5. The van der Waals surface area contributed by atoms with Gasteiger partial charge in [-0.1, -0.05) is 12.2 Å². The summed E-state index contributed by atoms with van der Waals surface area (Å²) in [6.07, 6.45) is 3.34. The van der Waals surface area contributed by atoms with Gasteiger partial charge in [-0.15, -0.1) is 0 Å². The molecular formula is C17H28O4. The highest BCUT2D eigenvalue weighted by Gasteiger charge is 2.30. The van der Waals surface area contributed by atoms with E-state index in [4.69, 9.17) is 4.74 Å². The predicted molar refractivity (Wildman–Crippen MR) is 82.7 cm³/mol. The van der Waals surface area contributed by atoms with Crippen LogP contribution >= 0.6 is 0 Å². The second kappa shape index (κ2) is 7.23. The lowest BCUT2D eigenvalue weighted by molar-refractivity contribution is -0.144. The highest BCUT2D eigenvalue weighted by Crippen LogP contribution is 2.31. The molecule has 1 rings (SSSR count). The van der Waals surface area contributed by atoms with Crippen LogP contribution < -0.4 is 0 Å². The molecule has 2 N–H and O–H groups in total. The number of ether oxygens (including phenoxy) is 1. The Hall–Kier alpha value is -1.13. The molecule has 0 radical (unpaired) electrons. The van der Waals surface area contributed by atoms with Crippen LogP contribution in [-0.2, 0) is 9.53 Å². The quantitative estimate of drug-likeness (QED) is 0.607. The fourth-order valence-electron chi connectivity index (χ4n) is 2.74. The highest BCUT2D eigenvalue weighted by molar-refractivity contribution is 5.66. The van der Waals surface area contributed by atoms with E-state index < -0.39 is 11.7 Å². The van der Waals surface area contributed by atoms with Gasteiger partial charge in [0.05, 0.1) is 11.7 Å². The molecule has 1 unspecified atom stereocenters. The minimum absolute atomic E-state index is 0.00197. The topological polar surface area (TPSA) is 66.8 Å². The van der Waals surface area contributed by atoms with E-state index in [1.54, 1.807) is 13.8 Å². The molecule has 0 saturated carbocycles. The summed E-state index contributed by atoms with van der Waals surface area (Å²) in [7, 11) is 0. The Kier molecular flexibility index (Phi) is 6.17. The molecule has 0 aromatic carbocycles. The predicted octanol–water partition coefficient (Wildman–Crippen LogP) is 2.74. The summed E-state index contributed by atoms with van der Waals surface area (Å²) in [4.78, 5) is 11.2. The molecule has 3 atom stereocenters. The molecule has 0 heterocycles. The number of allylic oxidation sites excluding steroid dienone is 1. The third-order valence-electron chi connectivity index (χ3n) is 4.12. The zero-order valence-electron chi connectivity index (χ0n) is 13.6. The maximum absolute atomic E-state index is 11.2. The van der Waals surface area contributed by atoms with Crippen molar-refractivity contribution in [1.82, 2.24) is 0 Å². The molecule has 0 fully saturated rings. The fraction of sp³-hybridized carbons (Fsp3) is 0.706. The second-order valence-electron chi connectivity index (χ2n) is 6.66. The summed E-state index contributed by atoms with van der Waals surface area (Å²) in [5.41, 5.74) is 0.928. The van der Waals surface area contributed by atoms with Gasteiger partial charge in [0, 0.05) is 13.3 Å². The van der Waals surface area contributed by atoms with Gasteiger partial charge < -0.3 is 14.9 Å². The van der Waals surface area contributed by atoms with Gasteiger partial charge in [0.25, 0.3) is 0 Å². The number of aliphatic hydroxyl groups excluding tert-OH is 1. The molecular weight excluding hydrogens is 268 g/mol. The van der Waals surface area contributed by atoms with Crippen molar-refractivity contribution in [3.05, 3.63) is 23.8 Å². The number of aliphatic hydroxyl groups is 2. The molecule has 0 bridgehead atoms. The molecule has 120 valence electrons. The van der Waals surface area contributed by atoms with E-state index >= 15 is 0 Å². The van der Waals surface area contributed by atoms with Crippen molar-refractivity contribution in [2.75, 3.05) is 0 Å². The minimum Gasteiger partial charge on any atom is -0.458 e. The first kappa shape index (κ1) is 17.9. The summed E-state index contributed by atoms with van der Waals surface area (Å²) in [6, 6.07) is 0. The zero-order chi connectivity index (χ0) is 16.2. The summed E-state index contributed by atoms with van der Waals surface area (Å²) in [5, 5.41) is 20.5. The van der Waals surface area contributed by atoms with Gasteiger partial charge in [0.2, 0.25) is 0 Å². The summed E-state index contributed by atoms with van der Waals surface area (Å²) in [5.74, 6) is -0.337. The third-order valence-corrected chi connectivity index (χ3v) is 4.12. The van der Waals surface area contributed by atoms with E-state index in [2.05, 4.69) is 6.58 Å². The molecule has 21 heavy (non-hydrogen) atoms. The van der Waals surface area contributed by atoms with Gasteiger partial charge >= 0.3 is 5.97 Å². The van der Waals surface area contributed by atoms with Crippen molar-refractivity contribution in [3.8, 4) is 0 Å².